The van der Waals surface area contributed by atoms with E-state index in [0.717, 1.165) is 19.4 Å². The van der Waals surface area contributed by atoms with Crippen molar-refractivity contribution < 1.29 is 9.59 Å². The van der Waals surface area contributed by atoms with E-state index in [2.05, 4.69) is 38.7 Å². The number of nitrogens with zero attached hydrogens (tertiary/aromatic N) is 5. The summed E-state index contributed by atoms with van der Waals surface area (Å²) >= 11 is 0. The zero-order valence-electron chi connectivity index (χ0n) is 16.3. The first-order chi connectivity index (χ1) is 13.5. The first kappa shape index (κ1) is 18.5. The molecule has 148 valence electrons. The average molecular weight is 382 g/mol. The minimum absolute atomic E-state index is 0.186. The summed E-state index contributed by atoms with van der Waals surface area (Å²) in [6, 6.07) is 7.66. The van der Waals surface area contributed by atoms with Crippen LogP contribution >= 0.6 is 0 Å². The maximum Gasteiger partial charge on any atom is 0.324 e. The molecule has 8 nitrogen and oxygen atoms in total. The molecule has 4 rings (SSSR count). The minimum Gasteiger partial charge on any atom is -0.370 e. The van der Waals surface area contributed by atoms with E-state index in [1.165, 1.54) is 16.2 Å². The highest BCUT2D eigenvalue weighted by Gasteiger charge is 2.38. The van der Waals surface area contributed by atoms with Gasteiger partial charge in [-0.3, -0.25) is 9.69 Å². The molecule has 0 unspecified atom stereocenters. The van der Waals surface area contributed by atoms with Crippen LogP contribution in [0.1, 0.15) is 37.6 Å². The highest BCUT2D eigenvalue weighted by molar-refractivity contribution is 6.04. The maximum atomic E-state index is 12.7. The van der Waals surface area contributed by atoms with Gasteiger partial charge in [0.25, 0.3) is 5.91 Å². The van der Waals surface area contributed by atoms with Gasteiger partial charge in [0, 0.05) is 44.0 Å². The fourth-order valence-corrected chi connectivity index (χ4v) is 3.86. The lowest BCUT2D eigenvalue weighted by Crippen LogP contribution is -2.41. The number of aromatic nitrogens is 3. The SMILES string of the molecule is CC(C)n1cc(C[C@@H]2NC(=O)N(CCN3CCCc4ccccc43)C2=O)nn1. The van der Waals surface area contributed by atoms with Gasteiger partial charge in [0.15, 0.2) is 0 Å². The molecule has 0 bridgehead atoms. The van der Waals surface area contributed by atoms with E-state index in [0.29, 0.717) is 25.2 Å². The van der Waals surface area contributed by atoms with Crippen molar-refractivity contribution >= 4 is 17.6 Å². The summed E-state index contributed by atoms with van der Waals surface area (Å²) in [5, 5.41) is 11.0. The van der Waals surface area contributed by atoms with Crippen LogP contribution in [0, 0.1) is 0 Å². The van der Waals surface area contributed by atoms with Crippen LogP contribution in [0.25, 0.3) is 0 Å². The van der Waals surface area contributed by atoms with Crippen LogP contribution in [0.5, 0.6) is 0 Å². The van der Waals surface area contributed by atoms with Crippen molar-refractivity contribution in [1.82, 2.24) is 25.2 Å². The first-order valence-electron chi connectivity index (χ1n) is 9.88. The van der Waals surface area contributed by atoms with E-state index in [4.69, 9.17) is 0 Å². The predicted molar refractivity (Wildman–Crippen MR) is 105 cm³/mol. The summed E-state index contributed by atoms with van der Waals surface area (Å²) in [5.41, 5.74) is 3.25. The number of rotatable bonds is 6. The zero-order valence-corrected chi connectivity index (χ0v) is 16.3. The molecule has 1 saturated heterocycles. The highest BCUT2D eigenvalue weighted by atomic mass is 16.2. The molecule has 1 N–H and O–H groups in total. The lowest BCUT2D eigenvalue weighted by atomic mass is 10.0. The summed E-state index contributed by atoms with van der Waals surface area (Å²) in [5.74, 6) is -0.186. The summed E-state index contributed by atoms with van der Waals surface area (Å²) in [7, 11) is 0. The summed E-state index contributed by atoms with van der Waals surface area (Å²) in [4.78, 5) is 28.7. The number of imide groups is 1. The van der Waals surface area contributed by atoms with Gasteiger partial charge in [0.2, 0.25) is 0 Å². The van der Waals surface area contributed by atoms with Crippen molar-refractivity contribution in [3.05, 3.63) is 41.7 Å². The predicted octanol–water partition coefficient (Wildman–Crippen LogP) is 1.77. The molecule has 1 fully saturated rings. The lowest BCUT2D eigenvalue weighted by molar-refractivity contribution is -0.127. The fourth-order valence-electron chi connectivity index (χ4n) is 3.86. The van der Waals surface area contributed by atoms with Gasteiger partial charge in [-0.15, -0.1) is 5.10 Å². The molecule has 28 heavy (non-hydrogen) atoms. The smallest absolute Gasteiger partial charge is 0.324 e. The molecule has 3 amide bonds. The molecule has 1 atom stereocenters. The quantitative estimate of drug-likeness (QED) is 0.770. The molecular formula is C20H26N6O2. The van der Waals surface area contributed by atoms with Crippen LogP contribution < -0.4 is 10.2 Å². The van der Waals surface area contributed by atoms with Gasteiger partial charge in [-0.25, -0.2) is 9.48 Å². The van der Waals surface area contributed by atoms with Crippen molar-refractivity contribution in [2.75, 3.05) is 24.5 Å². The number of carbonyl (C=O) groups is 2. The van der Waals surface area contributed by atoms with Gasteiger partial charge in [-0.05, 0) is 38.3 Å². The standard InChI is InChI=1S/C20H26N6O2/c1-14(2)26-13-16(22-23-26)12-17-19(27)25(20(28)21-17)11-10-24-9-5-7-15-6-3-4-8-18(15)24/h3-4,6,8,13-14,17H,5,7,9-12H2,1-2H3,(H,21,28)/t17-/m0/s1. The topological polar surface area (TPSA) is 83.4 Å². The number of fused-ring (bicyclic) bond motifs is 1. The second kappa shape index (κ2) is 7.61. The monoisotopic (exact) mass is 382 g/mol. The molecule has 8 heteroatoms. The zero-order chi connectivity index (χ0) is 19.7. The van der Waals surface area contributed by atoms with Gasteiger partial charge >= 0.3 is 6.03 Å². The summed E-state index contributed by atoms with van der Waals surface area (Å²) in [6.45, 7) is 6.01. The Morgan fingerprint density at radius 3 is 2.82 bits per heavy atom. The van der Waals surface area contributed by atoms with Gasteiger partial charge < -0.3 is 10.2 Å². The highest BCUT2D eigenvalue weighted by Crippen LogP contribution is 2.26. The van der Waals surface area contributed by atoms with Crippen molar-refractivity contribution in [1.29, 1.82) is 0 Å². The molecule has 1 aromatic carbocycles. The molecule has 3 heterocycles. The Morgan fingerprint density at radius 2 is 2.04 bits per heavy atom. The third kappa shape index (κ3) is 3.58. The van der Waals surface area contributed by atoms with E-state index in [9.17, 15) is 9.59 Å². The first-order valence-corrected chi connectivity index (χ1v) is 9.88. The molecule has 2 aromatic rings. The van der Waals surface area contributed by atoms with E-state index in [1.54, 1.807) is 4.68 Å². The molecule has 2 aliphatic rings. The third-order valence-corrected chi connectivity index (χ3v) is 5.41. The number of carbonyl (C=O) groups excluding carboxylic acids is 2. The van der Waals surface area contributed by atoms with Gasteiger partial charge in [-0.2, -0.15) is 0 Å². The molecule has 0 aliphatic carbocycles. The van der Waals surface area contributed by atoms with E-state index in [1.807, 2.05) is 26.1 Å². The van der Waals surface area contributed by atoms with Crippen LogP contribution in [-0.2, 0) is 17.6 Å². The van der Waals surface area contributed by atoms with E-state index in [-0.39, 0.29) is 18.0 Å². The number of amides is 3. The Bertz CT molecular complexity index is 877. The molecule has 0 radical (unpaired) electrons. The number of para-hydroxylation sites is 1. The molecule has 0 spiro atoms. The third-order valence-electron chi connectivity index (χ3n) is 5.41. The van der Waals surface area contributed by atoms with Gasteiger partial charge in [-0.1, -0.05) is 23.4 Å². The Labute approximate surface area is 164 Å². The number of aryl methyl sites for hydroxylation is 1. The number of nitrogens with one attached hydrogen (secondary N) is 1. The van der Waals surface area contributed by atoms with E-state index < -0.39 is 6.04 Å². The lowest BCUT2D eigenvalue weighted by Gasteiger charge is -2.32. The van der Waals surface area contributed by atoms with Crippen LogP contribution in [-0.4, -0.2) is 57.5 Å². The number of benzene rings is 1. The minimum atomic E-state index is -0.571. The number of anilines is 1. The van der Waals surface area contributed by atoms with Gasteiger partial charge in [0.1, 0.15) is 6.04 Å². The average Bonchev–Trinajstić information content (AvgIpc) is 3.26. The fraction of sp³-hybridized carbons (Fsp3) is 0.500. The molecule has 2 aliphatic heterocycles. The second-order valence-electron chi connectivity index (χ2n) is 7.70. The van der Waals surface area contributed by atoms with Crippen molar-refractivity contribution in [3.8, 4) is 0 Å². The normalized spacial score (nSPS) is 19.3. The second-order valence-corrected chi connectivity index (χ2v) is 7.70. The number of urea groups is 1. The van der Waals surface area contributed by atoms with E-state index >= 15 is 0 Å². The largest absolute Gasteiger partial charge is 0.370 e. The molecular weight excluding hydrogens is 356 g/mol. The Balaban J connectivity index is 1.38. The summed E-state index contributed by atoms with van der Waals surface area (Å²) < 4.78 is 1.75. The van der Waals surface area contributed by atoms with Crippen LogP contribution in [0.15, 0.2) is 30.5 Å². The molecule has 0 saturated carbocycles. The Hall–Kier alpha value is -2.90. The van der Waals surface area contributed by atoms with Crippen LogP contribution in [0.2, 0.25) is 0 Å². The number of hydrogen-bond donors (Lipinski definition) is 1. The van der Waals surface area contributed by atoms with Gasteiger partial charge in [0.05, 0.1) is 5.69 Å². The van der Waals surface area contributed by atoms with Crippen LogP contribution in [0.3, 0.4) is 0 Å². The van der Waals surface area contributed by atoms with Crippen molar-refractivity contribution in [2.45, 2.75) is 45.2 Å². The molecule has 1 aromatic heterocycles. The number of hydrogen-bond acceptors (Lipinski definition) is 5. The van der Waals surface area contributed by atoms with Crippen molar-refractivity contribution in [2.24, 2.45) is 0 Å². The Morgan fingerprint density at radius 1 is 1.21 bits per heavy atom. The maximum absolute atomic E-state index is 12.7. The van der Waals surface area contributed by atoms with Crippen molar-refractivity contribution in [3.63, 3.8) is 0 Å². The summed E-state index contributed by atoms with van der Waals surface area (Å²) in [6.07, 6.45) is 4.36. The Kier molecular flexibility index (Phi) is 5.02. The van der Waals surface area contributed by atoms with Crippen LogP contribution in [0.4, 0.5) is 10.5 Å².